The van der Waals surface area contributed by atoms with Crippen molar-refractivity contribution in [3.05, 3.63) is 35.0 Å². The number of nitrogens with one attached hydrogen (secondary N) is 1. The van der Waals surface area contributed by atoms with Crippen LogP contribution in [0.5, 0.6) is 11.5 Å². The molecule has 2 aliphatic heterocycles. The average Bonchev–Trinajstić information content (AvgIpc) is 2.77. The number of benzene rings is 1. The van der Waals surface area contributed by atoms with Gasteiger partial charge in [0.2, 0.25) is 0 Å². The molecule has 0 aliphatic carbocycles. The smallest absolute Gasteiger partial charge is 0.338 e. The highest BCUT2D eigenvalue weighted by molar-refractivity contribution is 5.95. The zero-order valence-corrected chi connectivity index (χ0v) is 18.9. The van der Waals surface area contributed by atoms with Crippen LogP contribution in [0.25, 0.3) is 0 Å². The van der Waals surface area contributed by atoms with E-state index in [4.69, 9.17) is 14.2 Å². The van der Waals surface area contributed by atoms with Gasteiger partial charge in [-0.1, -0.05) is 12.1 Å². The molecule has 1 aromatic rings. The van der Waals surface area contributed by atoms with Crippen LogP contribution < -0.4 is 14.8 Å². The third kappa shape index (κ3) is 4.77. The Labute approximate surface area is 183 Å². The van der Waals surface area contributed by atoms with E-state index in [1.165, 1.54) is 12.0 Å². The minimum absolute atomic E-state index is 0.240. The molecule has 9 heteroatoms. The number of para-hydroxylation sites is 1. The second-order valence-electron chi connectivity index (χ2n) is 7.68. The molecule has 31 heavy (non-hydrogen) atoms. The lowest BCUT2D eigenvalue weighted by Gasteiger charge is -2.39. The molecule has 1 fully saturated rings. The number of likely N-dealkylation sites (N-methyl/N-ethyl adjacent to an activating group) is 2. The highest BCUT2D eigenvalue weighted by atomic mass is 16.5. The van der Waals surface area contributed by atoms with Crippen LogP contribution in [0.3, 0.4) is 0 Å². The number of piperazine rings is 1. The van der Waals surface area contributed by atoms with Gasteiger partial charge >= 0.3 is 12.0 Å². The zero-order valence-electron chi connectivity index (χ0n) is 18.9. The second-order valence-corrected chi connectivity index (χ2v) is 7.68. The van der Waals surface area contributed by atoms with Gasteiger partial charge in [-0.25, -0.2) is 9.59 Å². The summed E-state index contributed by atoms with van der Waals surface area (Å²) in [6.07, 6.45) is 0. The maximum absolute atomic E-state index is 13.1. The number of urea groups is 1. The van der Waals surface area contributed by atoms with Crippen molar-refractivity contribution in [1.82, 2.24) is 20.0 Å². The Morgan fingerprint density at radius 3 is 2.45 bits per heavy atom. The van der Waals surface area contributed by atoms with E-state index in [2.05, 4.69) is 22.2 Å². The maximum Gasteiger partial charge on any atom is 0.338 e. The van der Waals surface area contributed by atoms with E-state index in [1.54, 1.807) is 27.1 Å². The van der Waals surface area contributed by atoms with Crippen molar-refractivity contribution in [2.45, 2.75) is 13.0 Å². The Balaban J connectivity index is 2.10. The molecule has 2 heterocycles. The lowest BCUT2D eigenvalue weighted by atomic mass is 9.93. The van der Waals surface area contributed by atoms with E-state index in [0.29, 0.717) is 34.9 Å². The van der Waals surface area contributed by atoms with E-state index in [0.717, 1.165) is 26.2 Å². The van der Waals surface area contributed by atoms with E-state index in [1.807, 2.05) is 12.1 Å². The minimum atomic E-state index is -0.713. The molecule has 0 bridgehead atoms. The topological polar surface area (TPSA) is 83.6 Å². The van der Waals surface area contributed by atoms with Crippen molar-refractivity contribution in [3.8, 4) is 11.5 Å². The molecule has 1 aromatic carbocycles. The molecule has 3 rings (SSSR count). The number of methoxy groups -OCH3 is 2. The summed E-state index contributed by atoms with van der Waals surface area (Å²) in [6.45, 7) is 6.08. The Morgan fingerprint density at radius 1 is 1.13 bits per heavy atom. The number of carbonyl (C=O) groups is 2. The number of carbonyl (C=O) groups excluding carboxylic acids is 2. The molecule has 2 amide bonds. The molecule has 170 valence electrons. The van der Waals surface area contributed by atoms with Crippen LogP contribution in [0.15, 0.2) is 29.5 Å². The lowest BCUT2D eigenvalue weighted by Crippen LogP contribution is -2.51. The molecular weight excluding hydrogens is 400 g/mol. The fraction of sp³-hybridized carbons (Fsp3) is 0.545. The van der Waals surface area contributed by atoms with Crippen LogP contribution in [0, 0.1) is 0 Å². The van der Waals surface area contributed by atoms with Crippen LogP contribution in [0.1, 0.15) is 18.5 Å². The number of hydrogen-bond donors (Lipinski definition) is 1. The standard InChI is InChI=1S/C22H32N4O5/c1-6-31-21(27)18-16(14-26-12-10-24(2)11-13-26)25(3)22(28)23-19(18)15-8-7-9-17(29-4)20(15)30-5/h7-9,19H,6,10-14H2,1-5H3,(H,23,28)/t19-/m1/s1. The second kappa shape index (κ2) is 10.0. The number of hydrogen-bond acceptors (Lipinski definition) is 7. The zero-order chi connectivity index (χ0) is 22.5. The van der Waals surface area contributed by atoms with Gasteiger partial charge in [0.25, 0.3) is 0 Å². The van der Waals surface area contributed by atoms with Gasteiger partial charge in [0, 0.05) is 51.0 Å². The Hall–Kier alpha value is -2.78. The Kier molecular flexibility index (Phi) is 7.40. The van der Waals surface area contributed by atoms with Gasteiger partial charge in [-0.05, 0) is 20.0 Å². The van der Waals surface area contributed by atoms with Gasteiger partial charge < -0.3 is 24.4 Å². The largest absolute Gasteiger partial charge is 0.493 e. The number of ether oxygens (including phenoxy) is 3. The summed E-state index contributed by atoms with van der Waals surface area (Å²) in [5.74, 6) is 0.547. The molecule has 1 atom stereocenters. The van der Waals surface area contributed by atoms with E-state index in [9.17, 15) is 9.59 Å². The van der Waals surface area contributed by atoms with Crippen molar-refractivity contribution in [2.75, 3.05) is 67.6 Å². The molecular formula is C22H32N4O5. The molecule has 1 saturated heterocycles. The van der Waals surface area contributed by atoms with Crippen LogP contribution in [0.4, 0.5) is 4.79 Å². The first-order valence-electron chi connectivity index (χ1n) is 10.5. The first-order valence-corrected chi connectivity index (χ1v) is 10.5. The summed E-state index contributed by atoms with van der Waals surface area (Å²) < 4.78 is 16.4. The first kappa shape index (κ1) is 22.9. The first-order chi connectivity index (χ1) is 14.9. The van der Waals surface area contributed by atoms with Crippen LogP contribution in [0.2, 0.25) is 0 Å². The molecule has 0 radical (unpaired) electrons. The molecule has 0 aromatic heterocycles. The number of esters is 1. The van der Waals surface area contributed by atoms with Crippen molar-refractivity contribution < 1.29 is 23.8 Å². The summed E-state index contributed by atoms with van der Waals surface area (Å²) in [6, 6.07) is 4.41. The molecule has 2 aliphatic rings. The third-order valence-corrected chi connectivity index (χ3v) is 5.79. The fourth-order valence-corrected chi connectivity index (χ4v) is 3.99. The highest BCUT2D eigenvalue weighted by Gasteiger charge is 2.39. The van der Waals surface area contributed by atoms with E-state index < -0.39 is 12.0 Å². The molecule has 1 N–H and O–H groups in total. The van der Waals surface area contributed by atoms with Gasteiger partial charge in [-0.15, -0.1) is 0 Å². The number of nitrogens with zero attached hydrogens (tertiary/aromatic N) is 3. The molecule has 0 saturated carbocycles. The van der Waals surface area contributed by atoms with Crippen molar-refractivity contribution in [2.24, 2.45) is 0 Å². The highest BCUT2D eigenvalue weighted by Crippen LogP contribution is 2.40. The summed E-state index contributed by atoms with van der Waals surface area (Å²) in [7, 11) is 6.86. The fourth-order valence-electron chi connectivity index (χ4n) is 3.99. The van der Waals surface area contributed by atoms with Gasteiger partial charge in [0.1, 0.15) is 0 Å². The minimum Gasteiger partial charge on any atom is -0.493 e. The number of rotatable bonds is 7. The maximum atomic E-state index is 13.1. The van der Waals surface area contributed by atoms with Gasteiger partial charge in [0.15, 0.2) is 11.5 Å². The Morgan fingerprint density at radius 2 is 1.84 bits per heavy atom. The van der Waals surface area contributed by atoms with Crippen molar-refractivity contribution >= 4 is 12.0 Å². The summed E-state index contributed by atoms with van der Waals surface area (Å²) in [5.41, 5.74) is 1.69. The molecule has 0 spiro atoms. The monoisotopic (exact) mass is 432 g/mol. The average molecular weight is 433 g/mol. The van der Waals surface area contributed by atoms with Gasteiger partial charge in [-0.2, -0.15) is 0 Å². The summed E-state index contributed by atoms with van der Waals surface area (Å²) in [4.78, 5) is 32.1. The predicted molar refractivity (Wildman–Crippen MR) is 116 cm³/mol. The number of amides is 2. The normalized spacial score (nSPS) is 20.5. The van der Waals surface area contributed by atoms with Crippen molar-refractivity contribution in [1.29, 1.82) is 0 Å². The lowest BCUT2D eigenvalue weighted by molar-refractivity contribution is -0.139. The van der Waals surface area contributed by atoms with Gasteiger partial charge in [-0.3, -0.25) is 9.80 Å². The van der Waals surface area contributed by atoms with E-state index >= 15 is 0 Å². The van der Waals surface area contributed by atoms with Crippen molar-refractivity contribution in [3.63, 3.8) is 0 Å². The quantitative estimate of drug-likeness (QED) is 0.653. The summed E-state index contributed by atoms with van der Waals surface area (Å²) in [5, 5.41) is 2.94. The molecule has 0 unspecified atom stereocenters. The molecule has 9 nitrogen and oxygen atoms in total. The van der Waals surface area contributed by atoms with Gasteiger partial charge in [0.05, 0.1) is 32.4 Å². The third-order valence-electron chi connectivity index (χ3n) is 5.79. The SMILES string of the molecule is CCOC(=O)C1=C(CN2CCN(C)CC2)N(C)C(=O)N[C@@H]1c1cccc(OC)c1OC. The predicted octanol–water partition coefficient (Wildman–Crippen LogP) is 1.46. The van der Waals surface area contributed by atoms with Crippen LogP contribution >= 0.6 is 0 Å². The van der Waals surface area contributed by atoms with Crippen LogP contribution in [-0.2, 0) is 9.53 Å². The van der Waals surface area contributed by atoms with E-state index in [-0.39, 0.29) is 12.6 Å². The summed E-state index contributed by atoms with van der Waals surface area (Å²) >= 11 is 0. The van der Waals surface area contributed by atoms with Crippen LogP contribution in [-0.4, -0.2) is 94.3 Å². The Bertz CT molecular complexity index is 848.